The third kappa shape index (κ3) is 2.61. The Morgan fingerprint density at radius 3 is 2.59 bits per heavy atom. The first-order chi connectivity index (χ1) is 13.3. The number of nitrogens with one attached hydrogen (secondary N) is 1. The fourth-order valence-electron chi connectivity index (χ4n) is 4.65. The van der Waals surface area contributed by atoms with Gasteiger partial charge in [0.05, 0.1) is 11.7 Å². The van der Waals surface area contributed by atoms with Crippen LogP contribution in [0.15, 0.2) is 24.5 Å². The number of pyridine rings is 1. The summed E-state index contributed by atoms with van der Waals surface area (Å²) in [5.41, 5.74) is 3.31. The number of aromatic nitrogens is 3. The van der Waals surface area contributed by atoms with E-state index in [0.29, 0.717) is 18.0 Å². The van der Waals surface area contributed by atoms with Crippen molar-refractivity contribution in [3.8, 4) is 11.4 Å². The van der Waals surface area contributed by atoms with Crippen LogP contribution in [-0.2, 0) is 11.2 Å². The molecule has 0 spiro atoms. The summed E-state index contributed by atoms with van der Waals surface area (Å²) in [6.45, 7) is 0. The number of hydrogen-bond acceptors (Lipinski definition) is 5. The predicted octanol–water partition coefficient (Wildman–Crippen LogP) is 3.11. The Bertz CT molecular complexity index is 906. The molecule has 2 aliphatic carbocycles. The lowest BCUT2D eigenvalue weighted by Gasteiger charge is -2.37. The summed E-state index contributed by atoms with van der Waals surface area (Å²) in [6, 6.07) is 4.90. The SMILES string of the molecule is O=C(C1CC1)N1[C@H]2CC[C@@H]1c1c(nc(-c3ccncc3)nc1NC1CC1)C2. The van der Waals surface area contributed by atoms with Gasteiger partial charge in [-0.3, -0.25) is 9.78 Å². The van der Waals surface area contributed by atoms with Gasteiger partial charge in [0.1, 0.15) is 5.82 Å². The summed E-state index contributed by atoms with van der Waals surface area (Å²) >= 11 is 0. The zero-order valence-electron chi connectivity index (χ0n) is 15.3. The average molecular weight is 361 g/mol. The highest BCUT2D eigenvalue weighted by Crippen LogP contribution is 2.49. The van der Waals surface area contributed by atoms with Crippen LogP contribution in [-0.4, -0.2) is 37.8 Å². The molecule has 3 fully saturated rings. The van der Waals surface area contributed by atoms with E-state index < -0.39 is 0 Å². The van der Waals surface area contributed by atoms with E-state index >= 15 is 0 Å². The van der Waals surface area contributed by atoms with E-state index in [0.717, 1.165) is 55.0 Å². The van der Waals surface area contributed by atoms with Crippen LogP contribution in [0.2, 0.25) is 0 Å². The minimum atomic E-state index is 0.152. The van der Waals surface area contributed by atoms with E-state index in [2.05, 4.69) is 15.2 Å². The van der Waals surface area contributed by atoms with Gasteiger partial charge in [-0.1, -0.05) is 0 Å². The molecule has 138 valence electrons. The van der Waals surface area contributed by atoms with Gasteiger partial charge in [-0.15, -0.1) is 0 Å². The second kappa shape index (κ2) is 5.75. The van der Waals surface area contributed by atoms with Gasteiger partial charge < -0.3 is 10.2 Å². The topological polar surface area (TPSA) is 71.0 Å². The van der Waals surface area contributed by atoms with Crippen molar-refractivity contribution in [1.29, 1.82) is 0 Å². The third-order valence-electron chi connectivity index (χ3n) is 6.33. The summed E-state index contributed by atoms with van der Waals surface area (Å²) in [5.74, 6) is 2.35. The normalized spacial score (nSPS) is 26.0. The highest BCUT2D eigenvalue weighted by atomic mass is 16.2. The molecule has 2 saturated carbocycles. The maximum atomic E-state index is 12.9. The summed E-state index contributed by atoms with van der Waals surface area (Å²) in [5, 5.41) is 3.64. The molecule has 0 radical (unpaired) electrons. The van der Waals surface area contributed by atoms with E-state index in [-0.39, 0.29) is 12.0 Å². The second-order valence-electron chi connectivity index (χ2n) is 8.38. The zero-order valence-corrected chi connectivity index (χ0v) is 15.3. The smallest absolute Gasteiger partial charge is 0.226 e. The average Bonchev–Trinajstić information content (AvgIpc) is 3.60. The van der Waals surface area contributed by atoms with E-state index in [1.165, 1.54) is 18.4 Å². The van der Waals surface area contributed by atoms with Crippen molar-refractivity contribution in [1.82, 2.24) is 19.9 Å². The number of rotatable bonds is 4. The van der Waals surface area contributed by atoms with Crippen molar-refractivity contribution in [2.45, 2.75) is 63.1 Å². The van der Waals surface area contributed by atoms with Gasteiger partial charge in [0.15, 0.2) is 5.82 Å². The van der Waals surface area contributed by atoms with Gasteiger partial charge in [0, 0.05) is 47.9 Å². The van der Waals surface area contributed by atoms with Gasteiger partial charge >= 0.3 is 0 Å². The maximum absolute atomic E-state index is 12.9. The number of hydrogen-bond donors (Lipinski definition) is 1. The minimum absolute atomic E-state index is 0.152. The molecule has 4 heterocycles. The summed E-state index contributed by atoms with van der Waals surface area (Å²) in [7, 11) is 0. The Kier molecular flexibility index (Phi) is 3.31. The van der Waals surface area contributed by atoms with Crippen LogP contribution >= 0.6 is 0 Å². The van der Waals surface area contributed by atoms with Crippen LogP contribution in [0.25, 0.3) is 11.4 Å². The van der Waals surface area contributed by atoms with Crippen molar-refractivity contribution in [2.24, 2.45) is 5.92 Å². The third-order valence-corrected chi connectivity index (χ3v) is 6.33. The van der Waals surface area contributed by atoms with Gasteiger partial charge in [-0.2, -0.15) is 0 Å². The molecule has 2 aromatic heterocycles. The number of amides is 1. The Morgan fingerprint density at radius 2 is 1.85 bits per heavy atom. The molecule has 1 saturated heterocycles. The fourth-order valence-corrected chi connectivity index (χ4v) is 4.65. The lowest BCUT2D eigenvalue weighted by Crippen LogP contribution is -2.43. The predicted molar refractivity (Wildman–Crippen MR) is 101 cm³/mol. The van der Waals surface area contributed by atoms with Crippen molar-refractivity contribution in [2.75, 3.05) is 5.32 Å². The van der Waals surface area contributed by atoms with Crippen molar-refractivity contribution in [3.05, 3.63) is 35.8 Å². The molecular formula is C21H23N5O. The second-order valence-corrected chi connectivity index (χ2v) is 8.38. The van der Waals surface area contributed by atoms with E-state index in [1.54, 1.807) is 12.4 Å². The van der Waals surface area contributed by atoms with Crippen LogP contribution < -0.4 is 5.32 Å². The monoisotopic (exact) mass is 361 g/mol. The van der Waals surface area contributed by atoms with E-state index in [9.17, 15) is 4.79 Å². The van der Waals surface area contributed by atoms with E-state index in [4.69, 9.17) is 9.97 Å². The Hall–Kier alpha value is -2.50. The van der Waals surface area contributed by atoms with Crippen LogP contribution in [0.4, 0.5) is 5.82 Å². The van der Waals surface area contributed by atoms with Crippen LogP contribution in [0.1, 0.15) is 55.8 Å². The summed E-state index contributed by atoms with van der Waals surface area (Å²) in [4.78, 5) is 29.1. The Balaban J connectivity index is 1.45. The lowest BCUT2D eigenvalue weighted by atomic mass is 9.96. The fraction of sp³-hybridized carbons (Fsp3) is 0.524. The van der Waals surface area contributed by atoms with Gasteiger partial charge in [-0.05, 0) is 50.7 Å². The lowest BCUT2D eigenvalue weighted by molar-refractivity contribution is -0.136. The molecule has 4 aliphatic rings. The minimum Gasteiger partial charge on any atom is -0.367 e. The molecule has 1 amide bonds. The molecule has 1 N–H and O–H groups in total. The summed E-state index contributed by atoms with van der Waals surface area (Å²) in [6.07, 6.45) is 11.0. The molecule has 6 nitrogen and oxygen atoms in total. The van der Waals surface area contributed by atoms with Gasteiger partial charge in [0.25, 0.3) is 0 Å². The first-order valence-electron chi connectivity index (χ1n) is 10.2. The van der Waals surface area contributed by atoms with Gasteiger partial charge in [0.2, 0.25) is 5.91 Å². The highest BCUT2D eigenvalue weighted by Gasteiger charge is 2.48. The number of anilines is 1. The molecular weight excluding hydrogens is 338 g/mol. The standard InChI is InChI=1S/C21H23N5O/c27-21(13-1-2-13)26-15-5-6-17(26)18-16(11-15)24-19(12-7-9-22-10-8-12)25-20(18)23-14-3-4-14/h7-10,13-15,17H,1-6,11H2,(H,23,24,25)/t15-,17+/m0/s1. The van der Waals surface area contributed by atoms with Crippen LogP contribution in [0, 0.1) is 5.92 Å². The van der Waals surface area contributed by atoms with Crippen molar-refractivity contribution >= 4 is 11.7 Å². The molecule has 2 atom stereocenters. The number of nitrogens with zero attached hydrogens (tertiary/aromatic N) is 4. The van der Waals surface area contributed by atoms with Gasteiger partial charge in [-0.25, -0.2) is 9.97 Å². The molecule has 27 heavy (non-hydrogen) atoms. The first-order valence-corrected chi connectivity index (χ1v) is 10.2. The Labute approximate surface area is 158 Å². The number of carbonyl (C=O) groups is 1. The first kappa shape index (κ1) is 15.5. The molecule has 2 aliphatic heterocycles. The van der Waals surface area contributed by atoms with Crippen molar-refractivity contribution < 1.29 is 4.79 Å². The highest BCUT2D eigenvalue weighted by molar-refractivity contribution is 5.83. The zero-order chi connectivity index (χ0) is 18.0. The Morgan fingerprint density at radius 1 is 1.04 bits per heavy atom. The van der Waals surface area contributed by atoms with Crippen molar-refractivity contribution in [3.63, 3.8) is 0 Å². The number of carbonyl (C=O) groups excluding carboxylic acids is 1. The van der Waals surface area contributed by atoms with Crippen LogP contribution in [0.3, 0.4) is 0 Å². The summed E-state index contributed by atoms with van der Waals surface area (Å²) < 4.78 is 0. The maximum Gasteiger partial charge on any atom is 0.226 e. The number of fused-ring (bicyclic) bond motifs is 4. The molecule has 6 heteroatoms. The molecule has 0 aromatic carbocycles. The van der Waals surface area contributed by atoms with Crippen LogP contribution in [0.5, 0.6) is 0 Å². The largest absolute Gasteiger partial charge is 0.367 e. The molecule has 0 unspecified atom stereocenters. The van der Waals surface area contributed by atoms with E-state index in [1.807, 2.05) is 12.1 Å². The molecule has 2 bridgehead atoms. The molecule has 6 rings (SSSR count). The molecule has 2 aromatic rings. The quantitative estimate of drug-likeness (QED) is 0.906.